The Morgan fingerprint density at radius 1 is 0.727 bits per heavy atom. The highest BCUT2D eigenvalue weighted by Gasteiger charge is 2.13. The number of hydrogen-bond donors (Lipinski definition) is 0. The first-order valence-corrected chi connectivity index (χ1v) is 8.42. The summed E-state index contributed by atoms with van der Waals surface area (Å²) in [5.74, 6) is -0.0634. The van der Waals surface area contributed by atoms with E-state index in [1.54, 1.807) is 6.92 Å². The number of ketones is 1. The number of ether oxygens (including phenoxy) is 1. The van der Waals surface area contributed by atoms with E-state index >= 15 is 0 Å². The summed E-state index contributed by atoms with van der Waals surface area (Å²) in [4.78, 5) is 23.9. The third kappa shape index (κ3) is 6.59. The standard InChI is InChI=1S/C19H30O3/c1-14-9-7-5-6-8-10-18(20)13-16(3)17(4)19(21)22-12-11-15(14)2/h5-13H2,1-4H3/b15-14-,17-16-. The highest BCUT2D eigenvalue weighted by Crippen LogP contribution is 2.18. The van der Waals surface area contributed by atoms with Crippen molar-refractivity contribution in [2.24, 2.45) is 0 Å². The summed E-state index contributed by atoms with van der Waals surface area (Å²) in [6, 6.07) is 0. The smallest absolute Gasteiger partial charge is 0.333 e. The summed E-state index contributed by atoms with van der Waals surface area (Å²) in [5.41, 5.74) is 4.15. The lowest BCUT2D eigenvalue weighted by atomic mass is 9.99. The minimum Gasteiger partial charge on any atom is -0.462 e. The van der Waals surface area contributed by atoms with Gasteiger partial charge in [0.15, 0.2) is 0 Å². The zero-order chi connectivity index (χ0) is 16.5. The fraction of sp³-hybridized carbons (Fsp3) is 0.684. The van der Waals surface area contributed by atoms with Crippen LogP contribution in [0.15, 0.2) is 22.3 Å². The fourth-order valence-corrected chi connectivity index (χ4v) is 2.59. The van der Waals surface area contributed by atoms with Crippen LogP contribution >= 0.6 is 0 Å². The monoisotopic (exact) mass is 306 g/mol. The van der Waals surface area contributed by atoms with Crippen molar-refractivity contribution in [1.82, 2.24) is 0 Å². The number of Topliss-reactive ketones (excluding diaryl/α,β-unsaturated/α-hetero) is 1. The van der Waals surface area contributed by atoms with Crippen molar-refractivity contribution >= 4 is 11.8 Å². The summed E-state index contributed by atoms with van der Waals surface area (Å²) in [6.07, 6.45) is 7.32. The van der Waals surface area contributed by atoms with Gasteiger partial charge in [-0.15, -0.1) is 0 Å². The van der Waals surface area contributed by atoms with Gasteiger partial charge in [-0.3, -0.25) is 4.79 Å². The van der Waals surface area contributed by atoms with Crippen LogP contribution in [0.1, 0.15) is 79.1 Å². The van der Waals surface area contributed by atoms with Crippen molar-refractivity contribution in [1.29, 1.82) is 0 Å². The molecule has 0 saturated carbocycles. The van der Waals surface area contributed by atoms with Gasteiger partial charge < -0.3 is 4.74 Å². The minimum absolute atomic E-state index is 0.226. The van der Waals surface area contributed by atoms with E-state index in [1.807, 2.05) is 6.92 Å². The number of carbonyl (C=O) groups is 2. The molecule has 1 aliphatic rings. The molecule has 3 nitrogen and oxygen atoms in total. The number of cyclic esters (lactones) is 1. The predicted molar refractivity (Wildman–Crippen MR) is 89.7 cm³/mol. The molecule has 124 valence electrons. The van der Waals surface area contributed by atoms with E-state index in [-0.39, 0.29) is 11.8 Å². The number of hydrogen-bond acceptors (Lipinski definition) is 3. The fourth-order valence-electron chi connectivity index (χ4n) is 2.59. The molecule has 1 heterocycles. The average Bonchev–Trinajstić information content (AvgIpc) is 2.48. The lowest BCUT2D eigenvalue weighted by Crippen LogP contribution is -2.11. The number of carbonyl (C=O) groups excluding carboxylic acids is 2. The average molecular weight is 306 g/mol. The molecule has 0 amide bonds. The predicted octanol–water partition coefficient (Wildman–Crippen LogP) is 4.91. The second kappa shape index (κ2) is 9.60. The highest BCUT2D eigenvalue weighted by molar-refractivity contribution is 5.90. The largest absolute Gasteiger partial charge is 0.462 e. The lowest BCUT2D eigenvalue weighted by Gasteiger charge is -2.11. The molecule has 0 radical (unpaired) electrons. The molecule has 1 aliphatic heterocycles. The van der Waals surface area contributed by atoms with Crippen molar-refractivity contribution in [2.75, 3.05) is 6.61 Å². The van der Waals surface area contributed by atoms with Crippen LogP contribution in [0.4, 0.5) is 0 Å². The second-order valence-electron chi connectivity index (χ2n) is 6.48. The van der Waals surface area contributed by atoms with Gasteiger partial charge in [-0.2, -0.15) is 0 Å². The summed E-state index contributed by atoms with van der Waals surface area (Å²) >= 11 is 0. The van der Waals surface area contributed by atoms with Gasteiger partial charge in [-0.1, -0.05) is 29.6 Å². The first-order chi connectivity index (χ1) is 10.4. The van der Waals surface area contributed by atoms with Crippen LogP contribution in [0, 0.1) is 0 Å². The van der Waals surface area contributed by atoms with Crippen molar-refractivity contribution < 1.29 is 14.3 Å². The molecule has 0 aromatic carbocycles. The Morgan fingerprint density at radius 2 is 1.32 bits per heavy atom. The number of esters is 1. The Hall–Kier alpha value is -1.38. The summed E-state index contributed by atoms with van der Waals surface area (Å²) in [6.45, 7) is 8.31. The van der Waals surface area contributed by atoms with Crippen LogP contribution in [0.2, 0.25) is 0 Å². The Labute approximate surface area is 134 Å². The Kier molecular flexibility index (Phi) is 8.15. The Bertz CT molecular complexity index is 469. The topological polar surface area (TPSA) is 43.4 Å². The van der Waals surface area contributed by atoms with Gasteiger partial charge in [0.25, 0.3) is 0 Å². The van der Waals surface area contributed by atoms with E-state index in [2.05, 4.69) is 13.8 Å². The second-order valence-corrected chi connectivity index (χ2v) is 6.48. The zero-order valence-electron chi connectivity index (χ0n) is 14.6. The molecule has 22 heavy (non-hydrogen) atoms. The van der Waals surface area contributed by atoms with Crippen molar-refractivity contribution in [3.8, 4) is 0 Å². The highest BCUT2D eigenvalue weighted by atomic mass is 16.5. The van der Waals surface area contributed by atoms with Gasteiger partial charge in [0.1, 0.15) is 5.78 Å². The molecule has 0 fully saturated rings. The van der Waals surface area contributed by atoms with E-state index in [0.717, 1.165) is 31.3 Å². The summed E-state index contributed by atoms with van der Waals surface area (Å²) < 4.78 is 5.34. The van der Waals surface area contributed by atoms with Gasteiger partial charge in [0.2, 0.25) is 0 Å². The molecule has 0 aliphatic carbocycles. The van der Waals surface area contributed by atoms with Gasteiger partial charge in [-0.25, -0.2) is 4.79 Å². The van der Waals surface area contributed by atoms with Crippen LogP contribution in [0.5, 0.6) is 0 Å². The first-order valence-electron chi connectivity index (χ1n) is 8.42. The molecular formula is C19H30O3. The molecule has 0 unspecified atom stereocenters. The van der Waals surface area contributed by atoms with E-state index < -0.39 is 0 Å². The summed E-state index contributed by atoms with van der Waals surface area (Å²) in [5, 5.41) is 0. The van der Waals surface area contributed by atoms with Crippen LogP contribution in [-0.4, -0.2) is 18.4 Å². The van der Waals surface area contributed by atoms with Gasteiger partial charge in [0.05, 0.1) is 6.61 Å². The van der Waals surface area contributed by atoms with Crippen molar-refractivity contribution in [3.63, 3.8) is 0 Å². The maximum absolute atomic E-state index is 12.0. The van der Waals surface area contributed by atoms with Crippen LogP contribution in [-0.2, 0) is 14.3 Å². The van der Waals surface area contributed by atoms with Crippen molar-refractivity contribution in [3.05, 3.63) is 22.3 Å². The lowest BCUT2D eigenvalue weighted by molar-refractivity contribution is -0.138. The molecule has 0 aromatic rings. The normalized spacial score (nSPS) is 27.6. The van der Waals surface area contributed by atoms with Crippen LogP contribution in [0.25, 0.3) is 0 Å². The zero-order valence-corrected chi connectivity index (χ0v) is 14.6. The van der Waals surface area contributed by atoms with Gasteiger partial charge >= 0.3 is 5.97 Å². The maximum Gasteiger partial charge on any atom is 0.333 e. The molecule has 0 bridgehead atoms. The van der Waals surface area contributed by atoms with Gasteiger partial charge in [-0.05, 0) is 47.0 Å². The van der Waals surface area contributed by atoms with Crippen molar-refractivity contribution in [2.45, 2.75) is 79.1 Å². The first kappa shape index (κ1) is 18.7. The summed E-state index contributed by atoms with van der Waals surface area (Å²) in [7, 11) is 0. The molecule has 0 saturated heterocycles. The number of rotatable bonds is 0. The minimum atomic E-state index is -0.289. The number of allylic oxidation sites excluding steroid dienone is 2. The molecular weight excluding hydrogens is 276 g/mol. The molecule has 0 aromatic heterocycles. The SMILES string of the molecule is C/C1=C(\C)CCOC(=O)/C(C)=C(/C)CC(=O)CCCCCC1. The molecule has 0 N–H and O–H groups in total. The third-order valence-electron chi connectivity index (χ3n) is 4.60. The van der Waals surface area contributed by atoms with E-state index in [1.165, 1.54) is 24.0 Å². The van der Waals surface area contributed by atoms with Crippen LogP contribution in [0.3, 0.4) is 0 Å². The Morgan fingerprint density at radius 3 is 2.00 bits per heavy atom. The van der Waals surface area contributed by atoms with E-state index in [9.17, 15) is 9.59 Å². The molecule has 0 spiro atoms. The Balaban J connectivity index is 2.76. The molecule has 1 rings (SSSR count). The third-order valence-corrected chi connectivity index (χ3v) is 4.60. The van der Waals surface area contributed by atoms with E-state index in [4.69, 9.17) is 4.74 Å². The van der Waals surface area contributed by atoms with E-state index in [0.29, 0.717) is 25.0 Å². The van der Waals surface area contributed by atoms with Crippen LogP contribution < -0.4 is 0 Å². The molecule has 3 heteroatoms. The van der Waals surface area contributed by atoms with Gasteiger partial charge in [0, 0.05) is 24.8 Å². The molecule has 0 atom stereocenters. The maximum atomic E-state index is 12.0. The quantitative estimate of drug-likeness (QED) is 0.472.